The minimum atomic E-state index is -0.770. The number of aromatic nitrogens is 5. The summed E-state index contributed by atoms with van der Waals surface area (Å²) in [6.45, 7) is 7.30. The Morgan fingerprint density at radius 2 is 1.41 bits per heavy atom. The van der Waals surface area contributed by atoms with E-state index >= 15 is 4.39 Å². The van der Waals surface area contributed by atoms with Crippen LogP contribution in [0, 0.1) is 17.7 Å². The summed E-state index contributed by atoms with van der Waals surface area (Å²) >= 11 is 1.73. The number of thiophene rings is 1. The van der Waals surface area contributed by atoms with Crippen LogP contribution in [0.3, 0.4) is 0 Å². The fourth-order valence-electron chi connectivity index (χ4n) is 11.3. The number of methoxy groups -OCH3 is 2. The van der Waals surface area contributed by atoms with Gasteiger partial charge in [0.2, 0.25) is 18.0 Å². The number of rotatable bonds is 12. The van der Waals surface area contributed by atoms with Gasteiger partial charge >= 0.3 is 12.2 Å². The molecule has 4 aromatic heterocycles. The highest BCUT2D eigenvalue weighted by Crippen LogP contribution is 2.50. The minimum Gasteiger partial charge on any atom is -0.464 e. The quantitative estimate of drug-likeness (QED) is 0.0915. The lowest BCUT2D eigenvalue weighted by atomic mass is 9.88. The summed E-state index contributed by atoms with van der Waals surface area (Å²) in [5.41, 5.74) is 4.69. The number of likely N-dealkylation sites (tertiary alicyclic amines) is 2. The molecule has 23 heteroatoms. The van der Waals surface area contributed by atoms with Gasteiger partial charge in [0.25, 0.3) is 0 Å². The molecule has 4 N–H and O–H groups in total. The van der Waals surface area contributed by atoms with Crippen LogP contribution in [-0.4, -0.2) is 110 Å². The third-order valence-electron chi connectivity index (χ3n) is 15.1. The second-order valence-corrected chi connectivity index (χ2v) is 21.3. The average Bonchev–Trinajstić information content (AvgIpc) is 4.11. The van der Waals surface area contributed by atoms with E-state index in [4.69, 9.17) is 28.9 Å². The second-order valence-electron chi connectivity index (χ2n) is 20.2. The van der Waals surface area contributed by atoms with Gasteiger partial charge in [0, 0.05) is 41.1 Å². The standard InChI is InChI=1S/C53H60FN9O8S.4H2S/c1-27(2)45(59-52(66)68-4)49(64)61-17-6-8-38(61)48-56-26-36(58-48)32-22-34(54)44-40-23-33-21-30(12-13-37(33)63(40)51(71-41(44)24-32)43-15-14-42(72-43)29-10-11-29)35-25-55-47(57-35)39-9-7-18-62(39)50(65)46(60-53(67)69-5)31-16-19-70-28(3)20-31;;;;/h12-15,21-29,31,38-39,45-46,51H,6-11,16-20H2,1-5H3,(H,55,57)(H,56,58)(H,59,66)(H,60,67);4*1H2/t28-,31?,38-,39-,45-,46?,51?;;;;/m0..../s1. The van der Waals surface area contributed by atoms with E-state index in [1.165, 1.54) is 25.2 Å². The molecule has 3 unspecified atom stereocenters. The zero-order valence-electron chi connectivity index (χ0n) is 43.0. The summed E-state index contributed by atoms with van der Waals surface area (Å²) in [6, 6.07) is 13.6. The van der Waals surface area contributed by atoms with Crippen LogP contribution >= 0.6 is 65.3 Å². The summed E-state index contributed by atoms with van der Waals surface area (Å²) in [5, 5.41) is 6.42. The summed E-state index contributed by atoms with van der Waals surface area (Å²) in [6.07, 6.45) is 8.13. The van der Waals surface area contributed by atoms with E-state index < -0.39 is 36.3 Å². The second kappa shape index (κ2) is 24.1. The predicted octanol–water partition coefficient (Wildman–Crippen LogP) is 9.80. The molecule has 7 atom stereocenters. The van der Waals surface area contributed by atoms with Gasteiger partial charge in [-0.05, 0) is 119 Å². The maximum Gasteiger partial charge on any atom is 0.407 e. The van der Waals surface area contributed by atoms with Crippen molar-refractivity contribution in [3.8, 4) is 39.5 Å². The first kappa shape index (κ1) is 58.4. The van der Waals surface area contributed by atoms with Crippen molar-refractivity contribution < 1.29 is 42.5 Å². The SMILES string of the molecule is COC(=O)NC(C(=O)N1CCC[C@H]1c1ncc(-c2ccc3c(c2)cc2n3C(c3ccc(C4CC4)s3)Oc3cc(-c4cnc([C@@H]5CCCN5C(=O)[C@@H](NC(=O)OC)C(C)C)[nH]4)cc(F)c3-2)[nH]1)C1CCO[C@@H](C)C1.S.S.S.S. The monoisotopic (exact) mass is 1140 g/mol. The summed E-state index contributed by atoms with van der Waals surface area (Å²) < 4.78 is 41.5. The lowest BCUT2D eigenvalue weighted by Crippen LogP contribution is -2.53. The van der Waals surface area contributed by atoms with Gasteiger partial charge in [-0.15, -0.1) is 11.3 Å². The van der Waals surface area contributed by atoms with E-state index in [9.17, 15) is 19.2 Å². The summed E-state index contributed by atoms with van der Waals surface area (Å²) in [7, 11) is 2.57. The van der Waals surface area contributed by atoms with Crippen LogP contribution in [0.1, 0.15) is 118 Å². The van der Waals surface area contributed by atoms with Gasteiger partial charge in [0.05, 0.1) is 77.8 Å². The molecule has 3 saturated heterocycles. The lowest BCUT2D eigenvalue weighted by molar-refractivity contribution is -0.137. The number of benzene rings is 2. The van der Waals surface area contributed by atoms with Crippen molar-refractivity contribution in [3.05, 3.63) is 88.1 Å². The number of alkyl carbamates (subject to hydrolysis) is 2. The van der Waals surface area contributed by atoms with Gasteiger partial charge in [-0.3, -0.25) is 14.2 Å². The van der Waals surface area contributed by atoms with Crippen molar-refractivity contribution in [1.29, 1.82) is 0 Å². The van der Waals surface area contributed by atoms with E-state index in [0.717, 1.165) is 59.1 Å². The Kier molecular flexibility index (Phi) is 18.5. The van der Waals surface area contributed by atoms with Crippen molar-refractivity contribution in [2.24, 2.45) is 11.8 Å². The average molecular weight is 1140 g/mol. The lowest BCUT2D eigenvalue weighted by Gasteiger charge is -2.36. The molecular weight excluding hydrogens is 1070 g/mol. The fourth-order valence-corrected chi connectivity index (χ4v) is 12.5. The van der Waals surface area contributed by atoms with E-state index in [-0.39, 0.29) is 95.8 Å². The molecule has 1 saturated carbocycles. The topological polar surface area (TPSA) is 198 Å². The number of fused-ring (bicyclic) bond motifs is 5. The number of amides is 4. The number of halogens is 1. The molecule has 6 aromatic rings. The molecule has 0 radical (unpaired) electrons. The number of hydrogen-bond acceptors (Lipinski definition) is 11. The molecule has 17 nitrogen and oxygen atoms in total. The summed E-state index contributed by atoms with van der Waals surface area (Å²) in [5.74, 6) is 1.11. The number of nitrogens with one attached hydrogen (secondary N) is 4. The first-order chi connectivity index (χ1) is 34.9. The van der Waals surface area contributed by atoms with Gasteiger partial charge in [0.15, 0.2) is 0 Å². The van der Waals surface area contributed by atoms with Crippen molar-refractivity contribution in [1.82, 2.24) is 44.9 Å². The Bertz CT molecular complexity index is 3070. The Morgan fingerprint density at radius 3 is 2.04 bits per heavy atom. The number of aromatic amines is 2. The molecule has 4 amide bonds. The predicted molar refractivity (Wildman–Crippen MR) is 308 cm³/mol. The van der Waals surface area contributed by atoms with Crippen molar-refractivity contribution in [2.75, 3.05) is 33.9 Å². The number of carbonyl (C=O) groups is 4. The highest BCUT2D eigenvalue weighted by Gasteiger charge is 2.42. The minimum absolute atomic E-state index is 0. The molecule has 11 rings (SSSR count). The zero-order chi connectivity index (χ0) is 49.9. The number of carbonyl (C=O) groups excluding carboxylic acids is 4. The third kappa shape index (κ3) is 11.2. The zero-order valence-corrected chi connectivity index (χ0v) is 47.9. The largest absolute Gasteiger partial charge is 0.464 e. The van der Waals surface area contributed by atoms with E-state index in [1.54, 1.807) is 28.6 Å². The molecular formula is C53H68FN9O8S5. The van der Waals surface area contributed by atoms with E-state index in [2.05, 4.69) is 43.4 Å². The molecule has 5 aliphatic rings. The van der Waals surface area contributed by atoms with Crippen LogP contribution in [0.2, 0.25) is 0 Å². The van der Waals surface area contributed by atoms with Gasteiger partial charge in [0.1, 0.15) is 35.3 Å². The van der Waals surface area contributed by atoms with Gasteiger partial charge in [-0.2, -0.15) is 54.0 Å². The molecule has 8 heterocycles. The first-order valence-corrected chi connectivity index (χ1v) is 26.0. The normalized spacial score (nSPS) is 21.4. The first-order valence-electron chi connectivity index (χ1n) is 25.1. The van der Waals surface area contributed by atoms with Crippen LogP contribution in [0.25, 0.3) is 44.7 Å². The number of H-pyrrole nitrogens is 2. The Hall–Kier alpha value is -5.33. The van der Waals surface area contributed by atoms with E-state index in [0.29, 0.717) is 84.8 Å². The molecule has 2 aromatic carbocycles. The van der Waals surface area contributed by atoms with Crippen LogP contribution in [0.5, 0.6) is 5.75 Å². The smallest absolute Gasteiger partial charge is 0.407 e. The van der Waals surface area contributed by atoms with Crippen molar-refractivity contribution in [2.45, 2.75) is 115 Å². The highest BCUT2D eigenvalue weighted by atomic mass is 32.1. The van der Waals surface area contributed by atoms with Crippen LogP contribution in [0.15, 0.2) is 60.9 Å². The summed E-state index contributed by atoms with van der Waals surface area (Å²) in [4.78, 5) is 75.2. The Labute approximate surface area is 472 Å². The molecule has 0 bridgehead atoms. The maximum absolute atomic E-state index is 17.0. The van der Waals surface area contributed by atoms with Crippen molar-refractivity contribution >= 4 is 100 Å². The van der Waals surface area contributed by atoms with Crippen molar-refractivity contribution in [3.63, 3.8) is 0 Å². The highest BCUT2D eigenvalue weighted by molar-refractivity contribution is 7.59. The van der Waals surface area contributed by atoms with Crippen LogP contribution in [-0.2, 0) is 23.8 Å². The number of ether oxygens (including phenoxy) is 4. The van der Waals surface area contributed by atoms with E-state index in [1.807, 2.05) is 49.9 Å². The Balaban J connectivity index is 0.00000210. The van der Waals surface area contributed by atoms with Gasteiger partial charge in [-0.25, -0.2) is 23.9 Å². The molecule has 4 aliphatic heterocycles. The Morgan fingerprint density at radius 1 is 0.776 bits per heavy atom. The number of imidazole rings is 2. The molecule has 4 fully saturated rings. The van der Waals surface area contributed by atoms with Crippen LogP contribution in [0.4, 0.5) is 14.0 Å². The molecule has 410 valence electrons. The molecule has 76 heavy (non-hydrogen) atoms. The van der Waals surface area contributed by atoms with Gasteiger partial charge in [-0.1, -0.05) is 19.9 Å². The molecule has 0 spiro atoms. The molecule has 1 aliphatic carbocycles. The number of hydrogen-bond donors (Lipinski definition) is 4. The third-order valence-corrected chi connectivity index (χ3v) is 16.4. The van der Waals surface area contributed by atoms with Crippen LogP contribution < -0.4 is 15.4 Å². The fraction of sp³-hybridized carbons (Fsp3) is 0.472. The maximum atomic E-state index is 17.0. The van der Waals surface area contributed by atoms with Gasteiger partial charge < -0.3 is 49.3 Å². The number of nitrogens with zero attached hydrogens (tertiary/aromatic N) is 5.